The molecule has 0 amide bonds. The third-order valence-corrected chi connectivity index (χ3v) is 3.54. The molecule has 0 spiro atoms. The largest absolute Gasteiger partial charge is 0.383 e. The Kier molecular flexibility index (Phi) is 3.80. The lowest BCUT2D eigenvalue weighted by Crippen LogP contribution is -2.25. The fourth-order valence-electron chi connectivity index (χ4n) is 2.57. The van der Waals surface area contributed by atoms with Gasteiger partial charge in [-0.15, -0.1) is 5.10 Å². The summed E-state index contributed by atoms with van der Waals surface area (Å²) in [5.41, 5.74) is 2.43. The molecule has 0 atom stereocenters. The van der Waals surface area contributed by atoms with Crippen LogP contribution in [0.4, 0.5) is 11.4 Å². The lowest BCUT2D eigenvalue weighted by molar-refractivity contribution is 0.548. The molecule has 6 heteroatoms. The Morgan fingerprint density at radius 1 is 1.30 bits per heavy atom. The number of tetrazole rings is 1. The van der Waals surface area contributed by atoms with Gasteiger partial charge in [0.05, 0.1) is 17.9 Å². The van der Waals surface area contributed by atoms with E-state index in [4.69, 9.17) is 0 Å². The van der Waals surface area contributed by atoms with E-state index in [1.165, 1.54) is 11.4 Å². The molecule has 0 saturated heterocycles. The zero-order valence-corrected chi connectivity index (χ0v) is 11.8. The fraction of sp³-hybridized carbons (Fsp3) is 0.500. The number of para-hydroxylation sites is 2. The molecule has 2 heterocycles. The first-order valence-corrected chi connectivity index (χ1v) is 7.21. The van der Waals surface area contributed by atoms with E-state index in [9.17, 15) is 0 Å². The topological polar surface area (TPSA) is 58.9 Å². The number of nitrogens with one attached hydrogen (secondary N) is 1. The van der Waals surface area contributed by atoms with Crippen LogP contribution in [-0.2, 0) is 13.1 Å². The summed E-state index contributed by atoms with van der Waals surface area (Å²) in [6, 6.07) is 8.43. The summed E-state index contributed by atoms with van der Waals surface area (Å²) in [5.74, 6) is 0.934. The minimum Gasteiger partial charge on any atom is -0.383 e. The van der Waals surface area contributed by atoms with Crippen LogP contribution < -0.4 is 10.2 Å². The van der Waals surface area contributed by atoms with Gasteiger partial charge in [0.25, 0.3) is 0 Å². The molecule has 0 radical (unpaired) electrons. The van der Waals surface area contributed by atoms with E-state index in [0.29, 0.717) is 0 Å². The van der Waals surface area contributed by atoms with Crippen molar-refractivity contribution in [3.63, 3.8) is 0 Å². The van der Waals surface area contributed by atoms with Crippen molar-refractivity contribution in [1.29, 1.82) is 0 Å². The second kappa shape index (κ2) is 5.90. The maximum absolute atomic E-state index is 4.17. The van der Waals surface area contributed by atoms with Crippen LogP contribution in [0.3, 0.4) is 0 Å². The van der Waals surface area contributed by atoms with E-state index in [1.807, 2.05) is 4.68 Å². The van der Waals surface area contributed by atoms with Crippen molar-refractivity contribution in [3.05, 3.63) is 30.1 Å². The molecule has 1 aromatic heterocycles. The molecule has 0 unspecified atom stereocenters. The fourth-order valence-corrected chi connectivity index (χ4v) is 2.57. The highest BCUT2D eigenvalue weighted by atomic mass is 15.5. The summed E-state index contributed by atoms with van der Waals surface area (Å²) >= 11 is 0. The van der Waals surface area contributed by atoms with Gasteiger partial charge < -0.3 is 10.2 Å². The number of anilines is 2. The zero-order valence-electron chi connectivity index (χ0n) is 11.8. The predicted octanol–water partition coefficient (Wildman–Crippen LogP) is 1.91. The highest BCUT2D eigenvalue weighted by Crippen LogP contribution is 2.28. The second-order valence-corrected chi connectivity index (χ2v) is 5.04. The molecule has 1 aromatic carbocycles. The van der Waals surface area contributed by atoms with Gasteiger partial charge >= 0.3 is 0 Å². The molecule has 3 rings (SSSR count). The Bertz CT molecular complexity index is 564. The lowest BCUT2D eigenvalue weighted by atomic mass is 10.2. The van der Waals surface area contributed by atoms with Crippen molar-refractivity contribution in [2.75, 3.05) is 23.3 Å². The third kappa shape index (κ3) is 2.59. The van der Waals surface area contributed by atoms with Gasteiger partial charge in [-0.05, 0) is 35.4 Å². The Hall–Kier alpha value is -2.11. The van der Waals surface area contributed by atoms with E-state index < -0.39 is 0 Å². The maximum Gasteiger partial charge on any atom is 0.170 e. The lowest BCUT2D eigenvalue weighted by Gasteiger charge is -2.23. The van der Waals surface area contributed by atoms with Gasteiger partial charge in [-0.2, -0.15) is 0 Å². The van der Waals surface area contributed by atoms with Crippen LogP contribution in [0.5, 0.6) is 0 Å². The van der Waals surface area contributed by atoms with Crippen molar-refractivity contribution in [2.45, 2.75) is 32.9 Å². The van der Waals surface area contributed by atoms with E-state index in [0.717, 1.165) is 44.8 Å². The highest BCUT2D eigenvalue weighted by Gasteiger charge is 2.17. The van der Waals surface area contributed by atoms with Gasteiger partial charge in [0, 0.05) is 19.6 Å². The number of fused-ring (bicyclic) bond motifs is 1. The second-order valence-electron chi connectivity index (χ2n) is 5.04. The molecule has 1 aliphatic heterocycles. The van der Waals surface area contributed by atoms with Crippen LogP contribution in [0.25, 0.3) is 0 Å². The smallest absolute Gasteiger partial charge is 0.170 e. The van der Waals surface area contributed by atoms with Crippen LogP contribution in [0.15, 0.2) is 24.3 Å². The molecule has 1 N–H and O–H groups in total. The number of rotatable bonds is 4. The maximum atomic E-state index is 4.17. The highest BCUT2D eigenvalue weighted by molar-refractivity contribution is 5.70. The monoisotopic (exact) mass is 272 g/mol. The van der Waals surface area contributed by atoms with Crippen LogP contribution >= 0.6 is 0 Å². The molecule has 0 saturated carbocycles. The predicted molar refractivity (Wildman–Crippen MR) is 78.7 cm³/mol. The number of aryl methyl sites for hydroxylation is 1. The molecule has 2 aromatic rings. The van der Waals surface area contributed by atoms with Crippen molar-refractivity contribution < 1.29 is 0 Å². The average molecular weight is 272 g/mol. The standard InChI is InChI=1S/C14H20N6/c1-2-9-20-14(16-17-18-20)11-19-10-5-8-15-12-6-3-4-7-13(12)19/h3-4,6-7,15H,2,5,8-11H2,1H3. The summed E-state index contributed by atoms with van der Waals surface area (Å²) in [6.07, 6.45) is 2.15. The van der Waals surface area contributed by atoms with Crippen LogP contribution in [0.1, 0.15) is 25.6 Å². The molecule has 106 valence electrons. The van der Waals surface area contributed by atoms with Crippen molar-refractivity contribution in [2.24, 2.45) is 0 Å². The number of hydrogen-bond donors (Lipinski definition) is 1. The van der Waals surface area contributed by atoms with Gasteiger partial charge in [0.1, 0.15) is 0 Å². The third-order valence-electron chi connectivity index (χ3n) is 3.54. The number of aromatic nitrogens is 4. The Morgan fingerprint density at radius 3 is 3.10 bits per heavy atom. The van der Waals surface area contributed by atoms with Gasteiger partial charge in [0.15, 0.2) is 5.82 Å². The summed E-state index contributed by atoms with van der Waals surface area (Å²) in [5, 5.41) is 15.5. The van der Waals surface area contributed by atoms with Gasteiger partial charge in [-0.3, -0.25) is 0 Å². The Labute approximate surface area is 118 Å². The van der Waals surface area contributed by atoms with Crippen molar-refractivity contribution in [1.82, 2.24) is 20.2 Å². The first kappa shape index (κ1) is 12.9. The van der Waals surface area contributed by atoms with E-state index in [1.54, 1.807) is 0 Å². The number of nitrogens with zero attached hydrogens (tertiary/aromatic N) is 5. The van der Waals surface area contributed by atoms with Crippen LogP contribution in [-0.4, -0.2) is 33.3 Å². The number of benzene rings is 1. The van der Waals surface area contributed by atoms with Crippen molar-refractivity contribution >= 4 is 11.4 Å². The molecule has 20 heavy (non-hydrogen) atoms. The first-order chi connectivity index (χ1) is 9.88. The summed E-state index contributed by atoms with van der Waals surface area (Å²) in [4.78, 5) is 2.35. The summed E-state index contributed by atoms with van der Waals surface area (Å²) in [6.45, 7) is 5.79. The Balaban J connectivity index is 1.85. The van der Waals surface area contributed by atoms with Gasteiger partial charge in [-0.25, -0.2) is 4.68 Å². The molecule has 1 aliphatic rings. The van der Waals surface area contributed by atoms with Crippen LogP contribution in [0.2, 0.25) is 0 Å². The molecule has 0 fully saturated rings. The van der Waals surface area contributed by atoms with E-state index >= 15 is 0 Å². The molecule has 0 bridgehead atoms. The van der Waals surface area contributed by atoms with Crippen molar-refractivity contribution in [3.8, 4) is 0 Å². The Morgan fingerprint density at radius 2 is 2.20 bits per heavy atom. The average Bonchev–Trinajstić information content (AvgIpc) is 2.80. The van der Waals surface area contributed by atoms with E-state index in [-0.39, 0.29) is 0 Å². The molecule has 6 nitrogen and oxygen atoms in total. The first-order valence-electron chi connectivity index (χ1n) is 7.21. The summed E-state index contributed by atoms with van der Waals surface area (Å²) < 4.78 is 1.90. The minimum atomic E-state index is 0.756. The molecular weight excluding hydrogens is 252 g/mol. The zero-order chi connectivity index (χ0) is 13.8. The molecular formula is C14H20N6. The van der Waals surface area contributed by atoms with Gasteiger partial charge in [-0.1, -0.05) is 19.1 Å². The number of hydrogen-bond acceptors (Lipinski definition) is 5. The van der Waals surface area contributed by atoms with Gasteiger partial charge in [0.2, 0.25) is 0 Å². The normalized spacial score (nSPS) is 14.6. The summed E-state index contributed by atoms with van der Waals surface area (Å²) in [7, 11) is 0. The van der Waals surface area contributed by atoms with Crippen LogP contribution in [0, 0.1) is 0 Å². The molecule has 0 aliphatic carbocycles. The van der Waals surface area contributed by atoms with E-state index in [2.05, 4.69) is 56.9 Å². The quantitative estimate of drug-likeness (QED) is 0.921. The minimum absolute atomic E-state index is 0.756. The SMILES string of the molecule is CCCn1nnnc1CN1CCCNc2ccccc21.